The standard InChI is InChI=1S/C21H36ClP/c1-4-5-6-7-8-9-10-11-12-13-15-18-16-14-17-19(20(18)22)21(2,3)23/h14,16-17H,4-13,15,23H2,1-3H3. The Labute approximate surface area is 152 Å². The number of aryl methyl sites for hydroxylation is 1. The second-order valence-corrected chi connectivity index (χ2v) is 9.25. The minimum Gasteiger partial charge on any atom is -0.127 e. The monoisotopic (exact) mass is 354 g/mol. The number of benzene rings is 1. The lowest BCUT2D eigenvalue weighted by Crippen LogP contribution is -2.08. The summed E-state index contributed by atoms with van der Waals surface area (Å²) in [7, 11) is 2.89. The highest BCUT2D eigenvalue weighted by Gasteiger charge is 2.18. The van der Waals surface area contributed by atoms with Gasteiger partial charge in [-0.3, -0.25) is 0 Å². The molecule has 132 valence electrons. The Morgan fingerprint density at radius 2 is 1.39 bits per heavy atom. The highest BCUT2D eigenvalue weighted by molar-refractivity contribution is 7.18. The van der Waals surface area contributed by atoms with Gasteiger partial charge >= 0.3 is 0 Å². The fourth-order valence-electron chi connectivity index (χ4n) is 3.07. The highest BCUT2D eigenvalue weighted by atomic mass is 35.5. The van der Waals surface area contributed by atoms with E-state index in [-0.39, 0.29) is 5.16 Å². The van der Waals surface area contributed by atoms with Crippen LogP contribution in [0.3, 0.4) is 0 Å². The van der Waals surface area contributed by atoms with Gasteiger partial charge < -0.3 is 0 Å². The van der Waals surface area contributed by atoms with Crippen molar-refractivity contribution in [1.29, 1.82) is 0 Å². The molecular weight excluding hydrogens is 319 g/mol. The van der Waals surface area contributed by atoms with Gasteiger partial charge in [0.1, 0.15) is 0 Å². The van der Waals surface area contributed by atoms with Crippen LogP contribution in [0.25, 0.3) is 0 Å². The summed E-state index contributed by atoms with van der Waals surface area (Å²) in [6.07, 6.45) is 14.9. The first kappa shape index (κ1) is 21.0. The van der Waals surface area contributed by atoms with Crippen molar-refractivity contribution in [3.05, 3.63) is 34.3 Å². The zero-order valence-electron chi connectivity index (χ0n) is 15.5. The van der Waals surface area contributed by atoms with E-state index >= 15 is 0 Å². The van der Waals surface area contributed by atoms with Gasteiger partial charge in [0.05, 0.1) is 0 Å². The average Bonchev–Trinajstić information content (AvgIpc) is 2.49. The van der Waals surface area contributed by atoms with Gasteiger partial charge in [0.25, 0.3) is 0 Å². The summed E-state index contributed by atoms with van der Waals surface area (Å²) in [6, 6.07) is 6.49. The largest absolute Gasteiger partial charge is 0.127 e. The lowest BCUT2D eigenvalue weighted by Gasteiger charge is -2.22. The van der Waals surface area contributed by atoms with Crippen molar-refractivity contribution >= 4 is 20.8 Å². The molecule has 0 aliphatic carbocycles. The van der Waals surface area contributed by atoms with Crippen molar-refractivity contribution in [1.82, 2.24) is 0 Å². The van der Waals surface area contributed by atoms with Crippen LogP contribution in [0, 0.1) is 0 Å². The van der Waals surface area contributed by atoms with E-state index in [9.17, 15) is 0 Å². The highest BCUT2D eigenvalue weighted by Crippen LogP contribution is 2.37. The zero-order valence-corrected chi connectivity index (χ0v) is 17.4. The molecule has 1 rings (SSSR count). The molecule has 0 aromatic heterocycles. The Balaban J connectivity index is 2.19. The van der Waals surface area contributed by atoms with E-state index in [4.69, 9.17) is 11.6 Å². The molecule has 0 fully saturated rings. The van der Waals surface area contributed by atoms with Gasteiger partial charge in [0, 0.05) is 10.2 Å². The van der Waals surface area contributed by atoms with E-state index in [1.807, 2.05) is 0 Å². The molecule has 0 heterocycles. The number of rotatable bonds is 12. The second kappa shape index (κ2) is 11.5. The molecule has 0 amide bonds. The van der Waals surface area contributed by atoms with Crippen LogP contribution in [-0.4, -0.2) is 0 Å². The molecule has 1 aromatic rings. The van der Waals surface area contributed by atoms with Crippen LogP contribution >= 0.6 is 20.8 Å². The molecule has 23 heavy (non-hydrogen) atoms. The van der Waals surface area contributed by atoms with Crippen LogP contribution in [0.15, 0.2) is 18.2 Å². The molecule has 2 heteroatoms. The summed E-state index contributed by atoms with van der Waals surface area (Å²) >= 11 is 6.60. The van der Waals surface area contributed by atoms with Crippen molar-refractivity contribution in [2.45, 2.75) is 96.6 Å². The van der Waals surface area contributed by atoms with Gasteiger partial charge in [-0.1, -0.05) is 108 Å². The first-order valence-corrected chi connectivity index (χ1v) is 10.5. The van der Waals surface area contributed by atoms with Crippen LogP contribution in [0.4, 0.5) is 0 Å². The third-order valence-electron chi connectivity index (χ3n) is 4.57. The predicted octanol–water partition coefficient (Wildman–Crippen LogP) is 7.91. The molecule has 0 saturated carbocycles. The van der Waals surface area contributed by atoms with E-state index in [1.165, 1.54) is 75.3 Å². The predicted molar refractivity (Wildman–Crippen MR) is 110 cm³/mol. The lowest BCUT2D eigenvalue weighted by molar-refractivity contribution is 0.556. The molecule has 0 spiro atoms. The van der Waals surface area contributed by atoms with E-state index in [0.717, 1.165) is 11.4 Å². The fraction of sp³-hybridized carbons (Fsp3) is 0.714. The van der Waals surface area contributed by atoms with Crippen LogP contribution in [0.2, 0.25) is 5.02 Å². The molecule has 0 bridgehead atoms. The number of hydrogen-bond donors (Lipinski definition) is 0. The Morgan fingerprint density at radius 1 is 0.870 bits per heavy atom. The van der Waals surface area contributed by atoms with Crippen LogP contribution in [0.5, 0.6) is 0 Å². The van der Waals surface area contributed by atoms with Gasteiger partial charge in [-0.25, -0.2) is 0 Å². The molecule has 1 atom stereocenters. The molecule has 0 radical (unpaired) electrons. The number of halogens is 1. The maximum atomic E-state index is 6.60. The summed E-state index contributed by atoms with van der Waals surface area (Å²) in [5.74, 6) is 0. The van der Waals surface area contributed by atoms with Crippen LogP contribution in [-0.2, 0) is 11.6 Å². The van der Waals surface area contributed by atoms with Crippen molar-refractivity contribution in [3.63, 3.8) is 0 Å². The van der Waals surface area contributed by atoms with Crippen LogP contribution < -0.4 is 0 Å². The van der Waals surface area contributed by atoms with Crippen LogP contribution in [0.1, 0.15) is 96.1 Å². The molecule has 0 N–H and O–H groups in total. The van der Waals surface area contributed by atoms with Crippen molar-refractivity contribution in [3.8, 4) is 0 Å². The normalized spacial score (nSPS) is 11.9. The van der Waals surface area contributed by atoms with Gasteiger partial charge in [-0.05, 0) is 24.0 Å². The Morgan fingerprint density at radius 3 is 1.91 bits per heavy atom. The SMILES string of the molecule is CCCCCCCCCCCCc1cccc(C(C)(C)P)c1Cl. The lowest BCUT2D eigenvalue weighted by atomic mass is 9.97. The molecule has 1 unspecified atom stereocenters. The van der Waals surface area contributed by atoms with Crippen molar-refractivity contribution in [2.75, 3.05) is 0 Å². The molecule has 0 aliphatic heterocycles. The average molecular weight is 355 g/mol. The smallest absolute Gasteiger partial charge is 0.0478 e. The Kier molecular flexibility index (Phi) is 10.5. The number of hydrogen-bond acceptors (Lipinski definition) is 0. The third kappa shape index (κ3) is 8.55. The third-order valence-corrected chi connectivity index (χ3v) is 5.33. The zero-order chi connectivity index (χ0) is 17.1. The molecule has 0 nitrogen and oxygen atoms in total. The summed E-state index contributed by atoms with van der Waals surface area (Å²) in [6.45, 7) is 6.68. The summed E-state index contributed by atoms with van der Waals surface area (Å²) in [5, 5.41) is 1.02. The summed E-state index contributed by atoms with van der Waals surface area (Å²) in [5.41, 5.74) is 2.56. The van der Waals surface area contributed by atoms with E-state index < -0.39 is 0 Å². The fourth-order valence-corrected chi connectivity index (χ4v) is 3.87. The van der Waals surface area contributed by atoms with E-state index in [0.29, 0.717) is 0 Å². The van der Waals surface area contributed by atoms with Gasteiger partial charge in [-0.2, -0.15) is 0 Å². The molecule has 0 aliphatic rings. The molecule has 0 saturated heterocycles. The van der Waals surface area contributed by atoms with E-state index in [1.54, 1.807) is 0 Å². The maximum absolute atomic E-state index is 6.60. The minimum absolute atomic E-state index is 0.0465. The maximum Gasteiger partial charge on any atom is 0.0478 e. The first-order valence-electron chi connectivity index (χ1n) is 9.53. The van der Waals surface area contributed by atoms with Crippen molar-refractivity contribution < 1.29 is 0 Å². The van der Waals surface area contributed by atoms with Gasteiger partial charge in [0.2, 0.25) is 0 Å². The van der Waals surface area contributed by atoms with Crippen molar-refractivity contribution in [2.24, 2.45) is 0 Å². The second-order valence-electron chi connectivity index (χ2n) is 7.43. The Bertz CT molecular complexity index is 434. The van der Waals surface area contributed by atoms with Gasteiger partial charge in [0.15, 0.2) is 0 Å². The topological polar surface area (TPSA) is 0 Å². The summed E-state index contributed by atoms with van der Waals surface area (Å²) in [4.78, 5) is 0. The van der Waals surface area contributed by atoms with Gasteiger partial charge in [-0.15, -0.1) is 9.24 Å². The summed E-state index contributed by atoms with van der Waals surface area (Å²) < 4.78 is 0. The number of unbranched alkanes of at least 4 members (excludes halogenated alkanes) is 9. The van der Waals surface area contributed by atoms with E-state index in [2.05, 4.69) is 48.2 Å². The minimum atomic E-state index is 0.0465. The molecule has 1 aromatic carbocycles. The first-order chi connectivity index (χ1) is 11.0. The quantitative estimate of drug-likeness (QED) is 0.264. The molecular formula is C21H36ClP. The Hall–Kier alpha value is -0.0600.